The Kier molecular flexibility index (Phi) is 6.73. The molecule has 1 aliphatic carbocycles. The third-order valence-corrected chi connectivity index (χ3v) is 8.60. The third-order valence-electron chi connectivity index (χ3n) is 6.25. The van der Waals surface area contributed by atoms with Gasteiger partial charge >= 0.3 is 12.1 Å². The summed E-state index contributed by atoms with van der Waals surface area (Å²) in [4.78, 5) is 11.4. The topological polar surface area (TPSA) is 104 Å². The van der Waals surface area contributed by atoms with Gasteiger partial charge in [0.1, 0.15) is 5.76 Å². The van der Waals surface area contributed by atoms with Crippen molar-refractivity contribution < 1.29 is 36.0 Å². The number of rotatable bonds is 4. The molecule has 3 aliphatic rings. The van der Waals surface area contributed by atoms with Crippen molar-refractivity contribution in [3.05, 3.63) is 17.0 Å². The molecule has 1 atom stereocenters. The van der Waals surface area contributed by atoms with E-state index >= 15 is 0 Å². The van der Waals surface area contributed by atoms with E-state index in [4.69, 9.17) is 14.4 Å². The van der Waals surface area contributed by atoms with Crippen LogP contribution < -0.4 is 0 Å². The summed E-state index contributed by atoms with van der Waals surface area (Å²) in [7, 11) is -3.03. The van der Waals surface area contributed by atoms with Crippen LogP contribution in [0.25, 0.3) is 0 Å². The number of piperidine rings is 1. The zero-order valence-electron chi connectivity index (χ0n) is 17.6. The van der Waals surface area contributed by atoms with Crippen molar-refractivity contribution in [2.75, 3.05) is 26.2 Å². The van der Waals surface area contributed by atoms with E-state index in [0.717, 1.165) is 63.2 Å². The Labute approximate surface area is 179 Å². The molecule has 0 amide bonds. The summed E-state index contributed by atoms with van der Waals surface area (Å²) in [5.41, 5.74) is 2.29. The van der Waals surface area contributed by atoms with Crippen LogP contribution in [-0.4, -0.2) is 71.5 Å². The molecule has 2 aliphatic heterocycles. The zero-order valence-corrected chi connectivity index (χ0v) is 18.4. The lowest BCUT2D eigenvalue weighted by Crippen LogP contribution is -2.45. The smallest absolute Gasteiger partial charge is 0.475 e. The minimum Gasteiger partial charge on any atom is -0.475 e. The van der Waals surface area contributed by atoms with E-state index in [2.05, 4.69) is 10.1 Å². The fraction of sp³-hybridized carbons (Fsp3) is 0.789. The predicted octanol–water partition coefficient (Wildman–Crippen LogP) is 2.70. The second-order valence-electron chi connectivity index (χ2n) is 8.75. The largest absolute Gasteiger partial charge is 0.490 e. The fourth-order valence-electron chi connectivity index (χ4n) is 4.42. The highest BCUT2D eigenvalue weighted by Crippen LogP contribution is 2.43. The van der Waals surface area contributed by atoms with Gasteiger partial charge in [0.05, 0.1) is 10.9 Å². The van der Waals surface area contributed by atoms with Gasteiger partial charge in [-0.1, -0.05) is 5.16 Å². The number of aryl methyl sites for hydroxylation is 2. The molecule has 31 heavy (non-hydrogen) atoms. The Morgan fingerprint density at radius 1 is 1.23 bits per heavy atom. The molecule has 3 heterocycles. The molecule has 1 saturated carbocycles. The minimum absolute atomic E-state index is 0.0883. The molecule has 0 bridgehead atoms. The lowest BCUT2D eigenvalue weighted by atomic mass is 9.79. The number of carboxylic acids is 1. The van der Waals surface area contributed by atoms with Crippen molar-refractivity contribution in [3.8, 4) is 0 Å². The molecular formula is C19H28F3N3O5S. The average Bonchev–Trinajstić information content (AvgIpc) is 3.40. The molecule has 12 heteroatoms. The number of aliphatic carboxylic acids is 1. The number of carbonyl (C=O) groups is 1. The number of hydrogen-bond acceptors (Lipinski definition) is 6. The third kappa shape index (κ3) is 5.58. The monoisotopic (exact) mass is 467 g/mol. The highest BCUT2D eigenvalue weighted by atomic mass is 32.2. The Morgan fingerprint density at radius 3 is 2.39 bits per heavy atom. The van der Waals surface area contributed by atoms with E-state index in [1.807, 2.05) is 13.8 Å². The van der Waals surface area contributed by atoms with E-state index in [1.165, 1.54) is 5.56 Å². The van der Waals surface area contributed by atoms with Crippen molar-refractivity contribution in [2.24, 2.45) is 5.41 Å². The first-order chi connectivity index (χ1) is 14.3. The van der Waals surface area contributed by atoms with Gasteiger partial charge in [0.2, 0.25) is 10.0 Å². The predicted molar refractivity (Wildman–Crippen MR) is 105 cm³/mol. The highest BCUT2D eigenvalue weighted by Gasteiger charge is 2.48. The number of aromatic nitrogens is 1. The van der Waals surface area contributed by atoms with E-state index in [1.54, 1.807) is 4.31 Å². The van der Waals surface area contributed by atoms with Gasteiger partial charge in [0.15, 0.2) is 0 Å². The molecule has 1 aromatic rings. The van der Waals surface area contributed by atoms with Crippen LogP contribution in [0.2, 0.25) is 0 Å². The molecule has 0 radical (unpaired) electrons. The second-order valence-corrected chi connectivity index (χ2v) is 11.0. The number of alkyl halides is 3. The van der Waals surface area contributed by atoms with Crippen LogP contribution in [0.5, 0.6) is 0 Å². The van der Waals surface area contributed by atoms with Crippen LogP contribution in [-0.2, 0) is 21.4 Å². The molecule has 3 fully saturated rings. The summed E-state index contributed by atoms with van der Waals surface area (Å²) >= 11 is 0. The maximum atomic E-state index is 12.5. The van der Waals surface area contributed by atoms with Crippen LogP contribution in [0.3, 0.4) is 0 Å². The molecule has 1 unspecified atom stereocenters. The van der Waals surface area contributed by atoms with E-state index in [9.17, 15) is 21.6 Å². The first-order valence-electron chi connectivity index (χ1n) is 10.3. The number of sulfonamides is 1. The fourth-order valence-corrected chi connectivity index (χ4v) is 6.37. The summed E-state index contributed by atoms with van der Waals surface area (Å²) in [5, 5.41) is 11.1. The van der Waals surface area contributed by atoms with Crippen LogP contribution >= 0.6 is 0 Å². The molecule has 4 rings (SSSR count). The summed E-state index contributed by atoms with van der Waals surface area (Å²) in [5.74, 6) is -1.86. The van der Waals surface area contributed by atoms with Gasteiger partial charge in [-0.25, -0.2) is 17.5 Å². The maximum Gasteiger partial charge on any atom is 0.490 e. The van der Waals surface area contributed by atoms with Gasteiger partial charge in [0.25, 0.3) is 0 Å². The van der Waals surface area contributed by atoms with Gasteiger partial charge in [0, 0.05) is 31.7 Å². The van der Waals surface area contributed by atoms with Crippen molar-refractivity contribution in [2.45, 2.75) is 63.9 Å². The van der Waals surface area contributed by atoms with Crippen LogP contribution in [0.4, 0.5) is 13.2 Å². The number of halogens is 3. The molecule has 8 nitrogen and oxygen atoms in total. The summed E-state index contributed by atoms with van der Waals surface area (Å²) in [6.07, 6.45) is -0.104. The molecule has 1 N–H and O–H groups in total. The Morgan fingerprint density at radius 2 is 1.87 bits per heavy atom. The first-order valence-corrected chi connectivity index (χ1v) is 11.8. The lowest BCUT2D eigenvalue weighted by molar-refractivity contribution is -0.192. The standard InChI is InChI=1S/C17H27N3O3S.C2HF3O2/c1-13-16(14(2)23-18-13)10-19-8-3-6-17(11-19)7-9-20(12-17)24(21,22)15-4-5-15;3-2(4,5)1(6)7/h15H,3-12H2,1-2H3;(H,6,7). The van der Waals surface area contributed by atoms with Crippen molar-refractivity contribution in [3.63, 3.8) is 0 Å². The molecule has 2 saturated heterocycles. The molecule has 0 aromatic carbocycles. The molecular weight excluding hydrogens is 439 g/mol. The number of nitrogens with zero attached hydrogens (tertiary/aromatic N) is 3. The average molecular weight is 468 g/mol. The SMILES string of the molecule is Cc1noc(C)c1CN1CCCC2(CCN(S(=O)(=O)C3CC3)C2)C1.O=C(O)C(F)(F)F. The van der Waals surface area contributed by atoms with Crippen LogP contribution in [0, 0.1) is 19.3 Å². The Hall–Kier alpha value is -1.66. The number of likely N-dealkylation sites (tertiary alicyclic amines) is 1. The Balaban J connectivity index is 0.000000339. The summed E-state index contributed by atoms with van der Waals surface area (Å²) in [6, 6.07) is 0. The normalized spacial score (nSPS) is 25.5. The minimum atomic E-state index is -5.08. The van der Waals surface area contributed by atoms with Crippen molar-refractivity contribution in [1.82, 2.24) is 14.4 Å². The van der Waals surface area contributed by atoms with Gasteiger partial charge in [-0.05, 0) is 57.9 Å². The van der Waals surface area contributed by atoms with E-state index in [-0.39, 0.29) is 10.7 Å². The van der Waals surface area contributed by atoms with Crippen molar-refractivity contribution in [1.29, 1.82) is 0 Å². The lowest BCUT2D eigenvalue weighted by Gasteiger charge is -2.40. The molecule has 176 valence electrons. The maximum absolute atomic E-state index is 12.5. The quantitative estimate of drug-likeness (QED) is 0.726. The second kappa shape index (κ2) is 8.70. The zero-order chi connectivity index (χ0) is 23.0. The Bertz CT molecular complexity index is 894. The van der Waals surface area contributed by atoms with Crippen LogP contribution in [0.15, 0.2) is 4.52 Å². The van der Waals surface area contributed by atoms with Gasteiger partial charge < -0.3 is 9.63 Å². The first kappa shape index (κ1) is 24.0. The van der Waals surface area contributed by atoms with Gasteiger partial charge in [-0.3, -0.25) is 4.90 Å². The van der Waals surface area contributed by atoms with Crippen molar-refractivity contribution >= 4 is 16.0 Å². The molecule has 1 spiro atoms. The number of hydrogen-bond donors (Lipinski definition) is 1. The highest BCUT2D eigenvalue weighted by molar-refractivity contribution is 7.90. The number of carboxylic acid groups (broad SMARTS) is 1. The van der Waals surface area contributed by atoms with E-state index in [0.29, 0.717) is 13.1 Å². The molecule has 1 aromatic heterocycles. The van der Waals surface area contributed by atoms with Gasteiger partial charge in [-0.2, -0.15) is 13.2 Å². The summed E-state index contributed by atoms with van der Waals surface area (Å²) in [6.45, 7) is 8.29. The van der Waals surface area contributed by atoms with E-state index < -0.39 is 22.2 Å². The van der Waals surface area contributed by atoms with Crippen LogP contribution in [0.1, 0.15) is 49.1 Å². The summed E-state index contributed by atoms with van der Waals surface area (Å²) < 4.78 is 63.9. The van der Waals surface area contributed by atoms with Gasteiger partial charge in [-0.15, -0.1) is 0 Å².